The van der Waals surface area contributed by atoms with Gasteiger partial charge in [0, 0.05) is 15.7 Å². The summed E-state index contributed by atoms with van der Waals surface area (Å²) in [6, 6.07) is 15.4. The molecule has 0 aliphatic rings. The molecule has 0 unspecified atom stereocenters. The lowest BCUT2D eigenvalue weighted by Gasteiger charge is -2.26. The summed E-state index contributed by atoms with van der Waals surface area (Å²) in [5.41, 5.74) is 2.05. The van der Waals surface area contributed by atoms with Crippen molar-refractivity contribution in [1.29, 1.82) is 0 Å². The standard InChI is InChI=1S/C21H26O2S/c1-15-10-12-17(13-11-15)24(23)20-9-7-6-8-18(20)19(16(2)22)14-21(3,4)5/h6-13,19H,14H2,1-5H3/t19-,24-/m0/s1. The van der Waals surface area contributed by atoms with Gasteiger partial charge in [0.05, 0.1) is 10.8 Å². The number of carbonyl (C=O) groups excluding carboxylic acids is 1. The Hall–Kier alpha value is -1.74. The Morgan fingerprint density at radius 2 is 1.62 bits per heavy atom. The molecular weight excluding hydrogens is 316 g/mol. The maximum absolute atomic E-state index is 13.1. The maximum atomic E-state index is 13.1. The molecule has 0 aliphatic heterocycles. The Morgan fingerprint density at radius 3 is 2.17 bits per heavy atom. The highest BCUT2D eigenvalue weighted by Crippen LogP contribution is 2.35. The minimum atomic E-state index is -1.28. The Balaban J connectivity index is 2.47. The second-order valence-corrected chi connectivity index (χ2v) is 9.00. The van der Waals surface area contributed by atoms with E-state index < -0.39 is 10.8 Å². The number of benzene rings is 2. The smallest absolute Gasteiger partial charge is 0.137 e. The Morgan fingerprint density at radius 1 is 1.04 bits per heavy atom. The van der Waals surface area contributed by atoms with Gasteiger partial charge in [-0.15, -0.1) is 0 Å². The molecule has 2 aromatic rings. The van der Waals surface area contributed by atoms with Crippen molar-refractivity contribution < 1.29 is 9.00 Å². The van der Waals surface area contributed by atoms with Crippen molar-refractivity contribution in [3.05, 3.63) is 59.7 Å². The zero-order valence-corrected chi connectivity index (χ0v) is 15.9. The summed E-state index contributed by atoms with van der Waals surface area (Å²) in [5, 5.41) is 0. The lowest BCUT2D eigenvalue weighted by atomic mass is 9.80. The molecule has 0 spiro atoms. The van der Waals surface area contributed by atoms with Crippen molar-refractivity contribution in [1.82, 2.24) is 0 Å². The van der Waals surface area contributed by atoms with E-state index in [-0.39, 0.29) is 17.1 Å². The third-order valence-corrected chi connectivity index (χ3v) is 5.51. The zero-order chi connectivity index (χ0) is 17.9. The average molecular weight is 343 g/mol. The number of hydrogen-bond acceptors (Lipinski definition) is 2. The molecule has 24 heavy (non-hydrogen) atoms. The molecule has 0 bridgehead atoms. The van der Waals surface area contributed by atoms with Gasteiger partial charge in [-0.2, -0.15) is 0 Å². The fourth-order valence-electron chi connectivity index (χ4n) is 2.81. The second-order valence-electron chi connectivity index (χ2n) is 7.55. The highest BCUT2D eigenvalue weighted by molar-refractivity contribution is 7.85. The molecule has 0 radical (unpaired) electrons. The van der Waals surface area contributed by atoms with Crippen LogP contribution in [0.15, 0.2) is 58.3 Å². The molecule has 0 N–H and O–H groups in total. The Kier molecular flexibility index (Phi) is 5.76. The molecule has 0 fully saturated rings. The van der Waals surface area contributed by atoms with Crippen LogP contribution in [-0.2, 0) is 15.6 Å². The van der Waals surface area contributed by atoms with Gasteiger partial charge in [-0.3, -0.25) is 4.79 Å². The van der Waals surface area contributed by atoms with Crippen LogP contribution in [0.25, 0.3) is 0 Å². The van der Waals surface area contributed by atoms with E-state index in [4.69, 9.17) is 0 Å². The van der Waals surface area contributed by atoms with Crippen molar-refractivity contribution >= 4 is 16.6 Å². The molecule has 2 atom stereocenters. The third-order valence-electron chi connectivity index (χ3n) is 4.04. The van der Waals surface area contributed by atoms with E-state index in [0.29, 0.717) is 0 Å². The molecule has 3 heteroatoms. The average Bonchev–Trinajstić information content (AvgIpc) is 2.52. The van der Waals surface area contributed by atoms with Gasteiger partial charge in [0.15, 0.2) is 0 Å². The number of hydrogen-bond donors (Lipinski definition) is 0. The van der Waals surface area contributed by atoms with Crippen LogP contribution in [0.2, 0.25) is 0 Å². The minimum Gasteiger partial charge on any atom is -0.299 e. The predicted octanol–water partition coefficient (Wildman–Crippen LogP) is 5.27. The number of rotatable bonds is 5. The quantitative estimate of drug-likeness (QED) is 0.741. The van der Waals surface area contributed by atoms with E-state index in [1.807, 2.05) is 55.5 Å². The number of aryl methyl sites for hydroxylation is 1. The molecule has 2 nitrogen and oxygen atoms in total. The fourth-order valence-corrected chi connectivity index (χ4v) is 4.07. The van der Waals surface area contributed by atoms with Gasteiger partial charge in [-0.05, 0) is 49.4 Å². The number of carbonyl (C=O) groups is 1. The van der Waals surface area contributed by atoms with Crippen LogP contribution in [0, 0.1) is 12.3 Å². The SMILES string of the molecule is CC(=O)[C@H](CC(C)(C)C)c1ccccc1[S@@](=O)c1ccc(C)cc1. The normalized spacial score (nSPS) is 14.2. The van der Waals surface area contributed by atoms with Gasteiger partial charge in [0.1, 0.15) is 5.78 Å². The first-order chi connectivity index (χ1) is 11.2. The summed E-state index contributed by atoms with van der Waals surface area (Å²) >= 11 is 0. The van der Waals surface area contributed by atoms with Gasteiger partial charge < -0.3 is 0 Å². The summed E-state index contributed by atoms with van der Waals surface area (Å²) in [6.07, 6.45) is 0.741. The molecule has 0 aliphatic carbocycles. The fraction of sp³-hybridized carbons (Fsp3) is 0.381. The summed E-state index contributed by atoms with van der Waals surface area (Å²) in [6.45, 7) is 10.0. The molecule has 2 rings (SSSR count). The van der Waals surface area contributed by atoms with Crippen molar-refractivity contribution in [3.8, 4) is 0 Å². The predicted molar refractivity (Wildman–Crippen MR) is 99.8 cm³/mol. The highest BCUT2D eigenvalue weighted by atomic mass is 32.2. The van der Waals surface area contributed by atoms with E-state index in [0.717, 1.165) is 27.3 Å². The van der Waals surface area contributed by atoms with Crippen LogP contribution < -0.4 is 0 Å². The lowest BCUT2D eigenvalue weighted by molar-refractivity contribution is -0.119. The first-order valence-electron chi connectivity index (χ1n) is 8.27. The largest absolute Gasteiger partial charge is 0.299 e. The van der Waals surface area contributed by atoms with E-state index in [1.165, 1.54) is 0 Å². The van der Waals surface area contributed by atoms with E-state index in [1.54, 1.807) is 6.92 Å². The van der Waals surface area contributed by atoms with Crippen molar-refractivity contribution in [2.75, 3.05) is 0 Å². The van der Waals surface area contributed by atoms with Gasteiger partial charge in [-0.1, -0.05) is 56.7 Å². The first kappa shape index (κ1) is 18.6. The number of Topliss-reactive ketones (excluding diaryl/α,β-unsaturated/α-hetero) is 1. The van der Waals surface area contributed by atoms with Crippen LogP contribution in [0.3, 0.4) is 0 Å². The summed E-state index contributed by atoms with van der Waals surface area (Å²) in [7, 11) is -1.28. The number of ketones is 1. The van der Waals surface area contributed by atoms with Crippen molar-refractivity contribution in [2.45, 2.75) is 56.7 Å². The summed E-state index contributed by atoms with van der Waals surface area (Å²) < 4.78 is 13.1. The highest BCUT2D eigenvalue weighted by Gasteiger charge is 2.27. The lowest BCUT2D eigenvalue weighted by Crippen LogP contribution is -2.19. The van der Waals surface area contributed by atoms with Crippen LogP contribution in [-0.4, -0.2) is 9.99 Å². The second kappa shape index (κ2) is 7.43. The Labute approximate surface area is 147 Å². The molecule has 0 heterocycles. The van der Waals surface area contributed by atoms with Crippen LogP contribution in [0.1, 0.15) is 51.2 Å². The Bertz CT molecular complexity index is 739. The van der Waals surface area contributed by atoms with Gasteiger partial charge in [0.2, 0.25) is 0 Å². The topological polar surface area (TPSA) is 34.1 Å². The van der Waals surface area contributed by atoms with Gasteiger partial charge in [0.25, 0.3) is 0 Å². The van der Waals surface area contributed by atoms with Gasteiger partial charge >= 0.3 is 0 Å². The summed E-state index contributed by atoms with van der Waals surface area (Å²) in [4.78, 5) is 13.8. The molecule has 0 amide bonds. The van der Waals surface area contributed by atoms with Gasteiger partial charge in [-0.25, -0.2) is 4.21 Å². The van der Waals surface area contributed by atoms with Crippen LogP contribution in [0.5, 0.6) is 0 Å². The maximum Gasteiger partial charge on any atom is 0.137 e. The molecular formula is C21H26O2S. The first-order valence-corrected chi connectivity index (χ1v) is 9.42. The molecule has 0 saturated heterocycles. The molecule has 0 aromatic heterocycles. The van der Waals surface area contributed by atoms with E-state index in [9.17, 15) is 9.00 Å². The zero-order valence-electron chi connectivity index (χ0n) is 15.1. The minimum absolute atomic E-state index is 0.0226. The monoisotopic (exact) mass is 342 g/mol. The molecule has 0 saturated carbocycles. The third kappa shape index (κ3) is 4.64. The van der Waals surface area contributed by atoms with Crippen LogP contribution in [0.4, 0.5) is 0 Å². The van der Waals surface area contributed by atoms with E-state index in [2.05, 4.69) is 20.8 Å². The van der Waals surface area contributed by atoms with Crippen LogP contribution >= 0.6 is 0 Å². The van der Waals surface area contributed by atoms with Crippen molar-refractivity contribution in [2.24, 2.45) is 5.41 Å². The van der Waals surface area contributed by atoms with Crippen molar-refractivity contribution in [3.63, 3.8) is 0 Å². The van der Waals surface area contributed by atoms with E-state index >= 15 is 0 Å². The molecule has 2 aromatic carbocycles. The summed E-state index contributed by atoms with van der Waals surface area (Å²) in [5.74, 6) is -0.103. The molecule has 128 valence electrons.